The number of carbonyl (C=O) groups is 1. The van der Waals surface area contributed by atoms with Crippen molar-refractivity contribution < 1.29 is 19.0 Å². The van der Waals surface area contributed by atoms with Crippen molar-refractivity contribution in [3.05, 3.63) is 66.2 Å². The zero-order valence-electron chi connectivity index (χ0n) is 15.8. The maximum Gasteiger partial charge on any atom is 0.252 e. The van der Waals surface area contributed by atoms with E-state index in [2.05, 4.69) is 17.2 Å². The van der Waals surface area contributed by atoms with E-state index in [1.807, 2.05) is 42.5 Å². The summed E-state index contributed by atoms with van der Waals surface area (Å²) >= 11 is 0. The summed E-state index contributed by atoms with van der Waals surface area (Å²) in [4.78, 5) is 12.3. The Morgan fingerprint density at radius 2 is 1.64 bits per heavy atom. The highest BCUT2D eigenvalue weighted by Gasteiger charge is 2.08. The summed E-state index contributed by atoms with van der Waals surface area (Å²) in [5, 5.41) is 4.92. The molecule has 3 aromatic carbocycles. The van der Waals surface area contributed by atoms with E-state index < -0.39 is 0 Å². The van der Waals surface area contributed by atoms with Crippen LogP contribution < -0.4 is 19.5 Å². The van der Waals surface area contributed by atoms with Crippen LogP contribution in [-0.2, 0) is 0 Å². The average Bonchev–Trinajstić information content (AvgIpc) is 2.75. The van der Waals surface area contributed by atoms with E-state index >= 15 is 0 Å². The van der Waals surface area contributed by atoms with Crippen molar-refractivity contribution in [1.29, 1.82) is 0 Å². The summed E-state index contributed by atoms with van der Waals surface area (Å²) in [6.45, 7) is 0.466. The van der Waals surface area contributed by atoms with Gasteiger partial charge in [-0.15, -0.1) is 0 Å². The normalized spacial score (nSPS) is 9.93. The fourth-order valence-corrected chi connectivity index (χ4v) is 2.71. The van der Waals surface area contributed by atoms with Crippen LogP contribution in [-0.4, -0.2) is 33.3 Å². The monoisotopic (exact) mass is 375 g/mol. The van der Waals surface area contributed by atoms with Crippen molar-refractivity contribution in [3.63, 3.8) is 0 Å². The molecule has 0 bridgehead atoms. The minimum atomic E-state index is -0.249. The van der Waals surface area contributed by atoms with Gasteiger partial charge in [0.15, 0.2) is 0 Å². The first-order valence-electron chi connectivity index (χ1n) is 8.79. The van der Waals surface area contributed by atoms with Gasteiger partial charge in [0.25, 0.3) is 5.91 Å². The number of nitrogens with one attached hydrogen (secondary N) is 1. The molecule has 0 radical (unpaired) electrons. The van der Waals surface area contributed by atoms with Crippen LogP contribution in [0.15, 0.2) is 60.7 Å². The Kier molecular flexibility index (Phi) is 6.37. The molecule has 1 N–H and O–H groups in total. The van der Waals surface area contributed by atoms with E-state index in [-0.39, 0.29) is 19.1 Å². The molecule has 0 aromatic heterocycles. The second kappa shape index (κ2) is 9.33. The van der Waals surface area contributed by atoms with Crippen molar-refractivity contribution >= 4 is 16.7 Å². The molecule has 5 nitrogen and oxygen atoms in total. The number of methoxy groups -OCH3 is 2. The fraction of sp³-hybridized carbons (Fsp3) is 0.174. The maximum absolute atomic E-state index is 12.3. The predicted molar refractivity (Wildman–Crippen MR) is 109 cm³/mol. The topological polar surface area (TPSA) is 56.8 Å². The zero-order valence-corrected chi connectivity index (χ0v) is 15.8. The highest BCUT2D eigenvalue weighted by molar-refractivity contribution is 5.95. The zero-order chi connectivity index (χ0) is 19.8. The Morgan fingerprint density at radius 3 is 2.39 bits per heavy atom. The summed E-state index contributed by atoms with van der Waals surface area (Å²) in [6, 6.07) is 18.9. The van der Waals surface area contributed by atoms with Gasteiger partial charge in [0.1, 0.15) is 23.9 Å². The van der Waals surface area contributed by atoms with E-state index in [0.29, 0.717) is 17.1 Å². The molecule has 0 aliphatic carbocycles. The van der Waals surface area contributed by atoms with Crippen molar-refractivity contribution in [1.82, 2.24) is 5.32 Å². The Labute approximate surface area is 164 Å². The first-order valence-corrected chi connectivity index (χ1v) is 8.79. The number of hydrogen-bond acceptors (Lipinski definition) is 4. The van der Waals surface area contributed by atoms with Crippen LogP contribution >= 0.6 is 0 Å². The average molecular weight is 375 g/mol. The molecule has 0 unspecified atom stereocenters. The summed E-state index contributed by atoms with van der Waals surface area (Å²) in [5.41, 5.74) is 0.449. The molecule has 1 amide bonds. The minimum Gasteiger partial charge on any atom is -0.497 e. The fourth-order valence-electron chi connectivity index (χ4n) is 2.71. The largest absolute Gasteiger partial charge is 0.497 e. The Morgan fingerprint density at radius 1 is 0.929 bits per heavy atom. The van der Waals surface area contributed by atoms with Gasteiger partial charge < -0.3 is 19.5 Å². The van der Waals surface area contributed by atoms with Crippen molar-refractivity contribution in [2.24, 2.45) is 0 Å². The van der Waals surface area contributed by atoms with Gasteiger partial charge in [-0.05, 0) is 23.6 Å². The van der Waals surface area contributed by atoms with E-state index in [0.717, 1.165) is 16.5 Å². The van der Waals surface area contributed by atoms with Gasteiger partial charge >= 0.3 is 0 Å². The van der Waals surface area contributed by atoms with Gasteiger partial charge in [0.05, 0.1) is 20.8 Å². The second-order valence-electron chi connectivity index (χ2n) is 5.90. The molecule has 0 spiro atoms. The lowest BCUT2D eigenvalue weighted by Gasteiger charge is -2.08. The molecule has 0 aliphatic heterocycles. The van der Waals surface area contributed by atoms with E-state index in [9.17, 15) is 4.79 Å². The smallest absolute Gasteiger partial charge is 0.252 e. The van der Waals surface area contributed by atoms with E-state index in [1.54, 1.807) is 18.2 Å². The summed E-state index contributed by atoms with van der Waals surface area (Å²) in [6.07, 6.45) is 0. The number of benzene rings is 3. The van der Waals surface area contributed by atoms with Crippen molar-refractivity contribution in [3.8, 4) is 29.1 Å². The van der Waals surface area contributed by atoms with Gasteiger partial charge in [-0.1, -0.05) is 48.2 Å². The van der Waals surface area contributed by atoms with Gasteiger partial charge in [0, 0.05) is 17.0 Å². The number of ether oxygens (including phenoxy) is 3. The molecule has 0 saturated heterocycles. The third-order valence-electron chi connectivity index (χ3n) is 4.13. The summed E-state index contributed by atoms with van der Waals surface area (Å²) in [7, 11) is 3.08. The van der Waals surface area contributed by atoms with Crippen LogP contribution in [0, 0.1) is 11.8 Å². The van der Waals surface area contributed by atoms with Crippen LogP contribution in [0.2, 0.25) is 0 Å². The van der Waals surface area contributed by atoms with Crippen LogP contribution in [0.4, 0.5) is 0 Å². The molecule has 142 valence electrons. The van der Waals surface area contributed by atoms with E-state index in [1.165, 1.54) is 14.2 Å². The first kappa shape index (κ1) is 19.1. The molecular formula is C23H21NO4. The second-order valence-corrected chi connectivity index (χ2v) is 5.90. The number of hydrogen-bond donors (Lipinski definition) is 1. The first-order chi connectivity index (χ1) is 13.7. The molecule has 0 atom stereocenters. The van der Waals surface area contributed by atoms with Crippen LogP contribution in [0.1, 0.15) is 10.4 Å². The number of carbonyl (C=O) groups excluding carboxylic acids is 1. The lowest BCUT2D eigenvalue weighted by Crippen LogP contribution is -2.23. The quantitative estimate of drug-likeness (QED) is 0.668. The van der Waals surface area contributed by atoms with Gasteiger partial charge in [-0.2, -0.15) is 0 Å². The lowest BCUT2D eigenvalue weighted by molar-refractivity contribution is 0.0958. The minimum absolute atomic E-state index is 0.219. The van der Waals surface area contributed by atoms with Gasteiger partial charge in [-0.25, -0.2) is 0 Å². The summed E-state index contributed by atoms with van der Waals surface area (Å²) in [5.74, 6) is 7.46. The highest BCUT2D eigenvalue weighted by atomic mass is 16.5. The SMILES string of the molecule is COc1cc(OC)cc(C(=O)NCC#CCOc2cccc3ccccc23)c1. The van der Waals surface area contributed by atoms with Gasteiger partial charge in [0.2, 0.25) is 0 Å². The maximum atomic E-state index is 12.3. The molecule has 0 saturated carbocycles. The molecule has 5 heteroatoms. The molecule has 3 aromatic rings. The Bertz CT molecular complexity index is 1010. The third kappa shape index (κ3) is 4.74. The van der Waals surface area contributed by atoms with Crippen LogP contribution in [0.3, 0.4) is 0 Å². The van der Waals surface area contributed by atoms with Crippen molar-refractivity contribution in [2.75, 3.05) is 27.4 Å². The van der Waals surface area contributed by atoms with Gasteiger partial charge in [-0.3, -0.25) is 4.79 Å². The third-order valence-corrected chi connectivity index (χ3v) is 4.13. The Hall–Kier alpha value is -3.65. The molecule has 3 rings (SSSR count). The molecule has 0 fully saturated rings. The molecule has 28 heavy (non-hydrogen) atoms. The number of amides is 1. The lowest BCUT2D eigenvalue weighted by atomic mass is 10.1. The number of fused-ring (bicyclic) bond motifs is 1. The molecule has 0 heterocycles. The molecular weight excluding hydrogens is 354 g/mol. The van der Waals surface area contributed by atoms with Crippen LogP contribution in [0.5, 0.6) is 17.2 Å². The summed E-state index contributed by atoms with van der Waals surface area (Å²) < 4.78 is 16.1. The van der Waals surface area contributed by atoms with Crippen molar-refractivity contribution in [2.45, 2.75) is 0 Å². The predicted octanol–water partition coefficient (Wildman–Crippen LogP) is 3.67. The van der Waals surface area contributed by atoms with Crippen LogP contribution in [0.25, 0.3) is 10.8 Å². The Balaban J connectivity index is 1.53. The number of rotatable bonds is 6. The standard InChI is InChI=1S/C23H21NO4/c1-26-19-14-18(15-20(16-19)27-2)23(25)24-12-5-6-13-28-22-11-7-9-17-8-3-4-10-21(17)22/h3-4,7-11,14-16H,12-13H2,1-2H3,(H,24,25). The highest BCUT2D eigenvalue weighted by Crippen LogP contribution is 2.25. The van der Waals surface area contributed by atoms with E-state index in [4.69, 9.17) is 14.2 Å². The molecule has 0 aliphatic rings.